The summed E-state index contributed by atoms with van der Waals surface area (Å²) in [5.41, 5.74) is 0. The smallest absolute Gasteiger partial charge is 0.267 e. The fourth-order valence-electron chi connectivity index (χ4n) is 5.16. The van der Waals surface area contributed by atoms with Gasteiger partial charge in [-0.25, -0.2) is 0 Å². The minimum atomic E-state index is -4.35. The highest BCUT2D eigenvalue weighted by Gasteiger charge is 2.24. The summed E-state index contributed by atoms with van der Waals surface area (Å²) in [6, 6.07) is -1.08. The lowest BCUT2D eigenvalue weighted by Crippen LogP contribution is -2.46. The van der Waals surface area contributed by atoms with Gasteiger partial charge in [-0.15, -0.1) is 0 Å². The zero-order valence-electron chi connectivity index (χ0n) is 29.4. The van der Waals surface area contributed by atoms with Gasteiger partial charge in [-0.2, -0.15) is 8.42 Å². The molecule has 0 bridgehead atoms. The molecule has 0 aromatic carbocycles. The third-order valence-corrected chi connectivity index (χ3v) is 8.69. The van der Waals surface area contributed by atoms with Crippen LogP contribution in [-0.2, 0) is 14.9 Å². The van der Waals surface area contributed by atoms with Crippen molar-refractivity contribution in [2.24, 2.45) is 0 Å². The van der Waals surface area contributed by atoms with Crippen molar-refractivity contribution in [3.8, 4) is 0 Å². The molecule has 46 heavy (non-hydrogen) atoms. The summed E-state index contributed by atoms with van der Waals surface area (Å²) in [5.74, 6) is -1.02. The number of rotatable bonds is 32. The van der Waals surface area contributed by atoms with Gasteiger partial charge in [-0.05, 0) is 70.6 Å². The maximum atomic E-state index is 12.4. The van der Waals surface area contributed by atoms with Gasteiger partial charge in [-0.3, -0.25) is 9.35 Å². The van der Waals surface area contributed by atoms with E-state index in [4.69, 9.17) is 0 Å². The quantitative estimate of drug-likeness (QED) is 0.0377. The molecular formula is C39H69NO5S. The molecule has 0 heterocycles. The second-order valence-corrected chi connectivity index (χ2v) is 13.9. The third kappa shape index (κ3) is 33.4. The van der Waals surface area contributed by atoms with Crippen molar-refractivity contribution in [3.63, 3.8) is 0 Å². The summed E-state index contributed by atoms with van der Waals surface area (Å²) in [6.07, 6.45) is 45.0. The van der Waals surface area contributed by atoms with Crippen LogP contribution in [0, 0.1) is 0 Å². The van der Waals surface area contributed by atoms with Crippen molar-refractivity contribution >= 4 is 16.0 Å². The van der Waals surface area contributed by atoms with Gasteiger partial charge in [0.15, 0.2) is 0 Å². The molecule has 2 atom stereocenters. The Bertz CT molecular complexity index is 951. The first kappa shape index (κ1) is 44.0. The van der Waals surface area contributed by atoms with Crippen molar-refractivity contribution in [3.05, 3.63) is 60.8 Å². The summed E-state index contributed by atoms with van der Waals surface area (Å²) < 4.78 is 32.3. The molecule has 266 valence electrons. The van der Waals surface area contributed by atoms with Gasteiger partial charge in [0.1, 0.15) is 0 Å². The number of aliphatic hydroxyl groups excluding tert-OH is 1. The van der Waals surface area contributed by atoms with Crippen LogP contribution < -0.4 is 5.32 Å². The van der Waals surface area contributed by atoms with Gasteiger partial charge < -0.3 is 10.4 Å². The van der Waals surface area contributed by atoms with E-state index < -0.39 is 28.0 Å². The van der Waals surface area contributed by atoms with Crippen LogP contribution in [0.3, 0.4) is 0 Å². The first-order valence-electron chi connectivity index (χ1n) is 18.5. The van der Waals surface area contributed by atoms with Gasteiger partial charge in [0.25, 0.3) is 10.1 Å². The molecule has 0 aliphatic rings. The Hall–Kier alpha value is -1.96. The number of amides is 1. The molecule has 0 rings (SSSR count). The molecule has 1 amide bonds. The second kappa shape index (κ2) is 33.0. The highest BCUT2D eigenvalue weighted by Crippen LogP contribution is 2.12. The van der Waals surface area contributed by atoms with E-state index in [1.807, 2.05) is 0 Å². The largest absolute Gasteiger partial charge is 0.387 e. The van der Waals surface area contributed by atoms with E-state index in [0.717, 1.165) is 57.8 Å². The number of allylic oxidation sites excluding steroid dienone is 9. The monoisotopic (exact) mass is 663 g/mol. The predicted octanol–water partition coefficient (Wildman–Crippen LogP) is 10.5. The number of aliphatic hydroxyl groups is 1. The number of hydrogen-bond acceptors (Lipinski definition) is 4. The highest BCUT2D eigenvalue weighted by molar-refractivity contribution is 7.85. The van der Waals surface area contributed by atoms with Gasteiger partial charge in [0, 0.05) is 6.42 Å². The van der Waals surface area contributed by atoms with E-state index >= 15 is 0 Å². The zero-order chi connectivity index (χ0) is 34.0. The molecule has 0 aliphatic heterocycles. The number of nitrogens with one attached hydrogen (secondary N) is 1. The van der Waals surface area contributed by atoms with Crippen LogP contribution in [0.4, 0.5) is 0 Å². The topological polar surface area (TPSA) is 104 Å². The second-order valence-electron chi connectivity index (χ2n) is 12.4. The Labute approximate surface area is 283 Å². The van der Waals surface area contributed by atoms with Gasteiger partial charge in [-0.1, -0.05) is 145 Å². The fourth-order valence-corrected chi connectivity index (χ4v) is 5.90. The Morgan fingerprint density at radius 3 is 1.59 bits per heavy atom. The van der Waals surface area contributed by atoms with Crippen LogP contribution in [0.2, 0.25) is 0 Å². The lowest BCUT2D eigenvalue weighted by molar-refractivity contribution is -0.122. The van der Waals surface area contributed by atoms with E-state index in [1.54, 1.807) is 6.08 Å². The Morgan fingerprint density at radius 1 is 0.609 bits per heavy atom. The number of carbonyl (C=O) groups is 1. The molecule has 0 fully saturated rings. The zero-order valence-corrected chi connectivity index (χ0v) is 30.2. The fraction of sp³-hybridized carbons (Fsp3) is 0.718. The predicted molar refractivity (Wildman–Crippen MR) is 198 cm³/mol. The molecule has 7 heteroatoms. The van der Waals surface area contributed by atoms with Gasteiger partial charge >= 0.3 is 0 Å². The summed E-state index contributed by atoms with van der Waals surface area (Å²) in [5, 5.41) is 13.1. The van der Waals surface area contributed by atoms with Crippen LogP contribution in [0.25, 0.3) is 0 Å². The molecule has 0 aromatic heterocycles. The van der Waals surface area contributed by atoms with E-state index in [0.29, 0.717) is 6.42 Å². The summed E-state index contributed by atoms with van der Waals surface area (Å²) >= 11 is 0. The van der Waals surface area contributed by atoms with E-state index in [2.05, 4.69) is 67.8 Å². The minimum absolute atomic E-state index is 0.277. The lowest BCUT2D eigenvalue weighted by Gasteiger charge is -2.21. The first-order chi connectivity index (χ1) is 22.3. The molecule has 0 saturated heterocycles. The van der Waals surface area contributed by atoms with Crippen molar-refractivity contribution in [2.75, 3.05) is 5.75 Å². The molecule has 0 aromatic rings. The summed E-state index contributed by atoms with van der Waals surface area (Å²) in [7, 11) is -4.35. The number of carbonyl (C=O) groups excluding carboxylic acids is 1. The number of hydrogen-bond donors (Lipinski definition) is 3. The maximum Gasteiger partial charge on any atom is 0.267 e. The standard InChI is InChI=1S/C39H69NO5S/c1-3-5-7-9-11-13-15-16-17-18-19-20-21-22-23-24-25-27-29-31-33-35-39(42)40-37(36-46(43,44)45)38(41)34-32-30-28-26-14-12-10-8-6-4-2/h6,8,14-16,18-19,26,32,34,37-38,41H,3-5,7,9-13,17,20-25,27-31,33,35-36H2,1-2H3,(H,40,42)(H,43,44,45)/b8-6+,16-15-,19-18-,26-14+,34-32+. The van der Waals surface area contributed by atoms with Crippen molar-refractivity contribution in [1.82, 2.24) is 5.32 Å². The van der Waals surface area contributed by atoms with Crippen LogP contribution in [0.5, 0.6) is 0 Å². The maximum absolute atomic E-state index is 12.4. The molecule has 0 spiro atoms. The summed E-state index contributed by atoms with van der Waals surface area (Å²) in [4.78, 5) is 12.4. The SMILES string of the molecule is CC/C=C/CC/C=C/CC/C=C/C(O)C(CS(=O)(=O)O)NC(=O)CCCCCCCCCCC/C=C\C/C=C\CCCCCCC. The molecule has 0 saturated carbocycles. The number of unbranched alkanes of at least 4 members (excludes halogenated alkanes) is 16. The normalized spacial score (nSPS) is 14.1. The van der Waals surface area contributed by atoms with Crippen molar-refractivity contribution in [2.45, 2.75) is 174 Å². The lowest BCUT2D eigenvalue weighted by atomic mass is 10.1. The van der Waals surface area contributed by atoms with Crippen LogP contribution in [-0.4, -0.2) is 41.9 Å². The third-order valence-electron chi connectivity index (χ3n) is 7.91. The van der Waals surface area contributed by atoms with Crippen LogP contribution in [0.1, 0.15) is 162 Å². The average molecular weight is 664 g/mol. The highest BCUT2D eigenvalue weighted by atomic mass is 32.2. The Kier molecular flexibility index (Phi) is 31.6. The molecule has 6 nitrogen and oxygen atoms in total. The molecule has 0 aliphatic carbocycles. The summed E-state index contributed by atoms with van der Waals surface area (Å²) in [6.45, 7) is 4.37. The Balaban J connectivity index is 3.94. The van der Waals surface area contributed by atoms with E-state index in [9.17, 15) is 22.9 Å². The van der Waals surface area contributed by atoms with Gasteiger partial charge in [0.05, 0.1) is 17.9 Å². The van der Waals surface area contributed by atoms with Crippen molar-refractivity contribution < 1.29 is 22.9 Å². The molecule has 0 radical (unpaired) electrons. The Morgan fingerprint density at radius 2 is 1.07 bits per heavy atom. The van der Waals surface area contributed by atoms with E-state index in [1.165, 1.54) is 83.1 Å². The minimum Gasteiger partial charge on any atom is -0.387 e. The van der Waals surface area contributed by atoms with E-state index in [-0.39, 0.29) is 12.3 Å². The first-order valence-corrected chi connectivity index (χ1v) is 20.1. The van der Waals surface area contributed by atoms with Crippen molar-refractivity contribution in [1.29, 1.82) is 0 Å². The molecule has 2 unspecified atom stereocenters. The molecular weight excluding hydrogens is 594 g/mol. The van der Waals surface area contributed by atoms with Gasteiger partial charge in [0.2, 0.25) is 5.91 Å². The average Bonchev–Trinajstić information content (AvgIpc) is 3.01. The van der Waals surface area contributed by atoms with Crippen LogP contribution in [0.15, 0.2) is 60.8 Å². The van der Waals surface area contributed by atoms with Crippen LogP contribution >= 0.6 is 0 Å². The molecule has 3 N–H and O–H groups in total.